The minimum atomic E-state index is -1.56. The number of Topliss-reactive ketones (excluding diaryl/α,β-unsaturated/α-hetero) is 1. The molecule has 0 radical (unpaired) electrons. The van der Waals surface area contributed by atoms with Crippen LogP contribution in [0, 0.1) is 5.92 Å². The van der Waals surface area contributed by atoms with E-state index in [9.17, 15) is 57.8 Å². The van der Waals surface area contributed by atoms with Gasteiger partial charge in [0.2, 0.25) is 41.2 Å². The second kappa shape index (κ2) is 23.7. The predicted octanol–water partition coefficient (Wildman–Crippen LogP) is -1.25. The molecule has 59 heavy (non-hydrogen) atoms. The summed E-state index contributed by atoms with van der Waals surface area (Å²) in [5, 5.41) is 41.6. The van der Waals surface area contributed by atoms with E-state index in [0.717, 1.165) is 6.92 Å². The third-order valence-corrected chi connectivity index (χ3v) is 9.21. The maximum atomic E-state index is 14.3. The Morgan fingerprint density at radius 3 is 1.81 bits per heavy atom. The van der Waals surface area contributed by atoms with Crippen LogP contribution in [0.25, 0.3) is 0 Å². The third kappa shape index (κ3) is 15.8. The molecule has 6 atom stereocenters. The van der Waals surface area contributed by atoms with Gasteiger partial charge in [0, 0.05) is 26.3 Å². The summed E-state index contributed by atoms with van der Waals surface area (Å²) in [6.45, 7) is 5.20. The molecule has 324 valence electrons. The topological polar surface area (TPSA) is 324 Å². The number of hydrogen-bond donors (Lipinski definition) is 9. The number of nitrogens with zero attached hydrogens (tertiary/aromatic N) is 1. The number of likely N-dealkylation sites (tertiary alicyclic amines) is 1. The van der Waals surface area contributed by atoms with Gasteiger partial charge in [-0.05, 0) is 43.6 Å². The summed E-state index contributed by atoms with van der Waals surface area (Å²) in [5.74, 6) is -11.8. The molecule has 1 aromatic carbocycles. The Kier molecular flexibility index (Phi) is 19.6. The van der Waals surface area contributed by atoms with E-state index in [0.29, 0.717) is 18.4 Å². The normalized spacial score (nSPS) is 15.9. The maximum Gasteiger partial charge on any atom is 0.322 e. The number of carbonyl (C=O) groups excluding carboxylic acids is 8. The van der Waals surface area contributed by atoms with Crippen LogP contribution in [-0.4, -0.2) is 129 Å². The molecule has 1 aliphatic heterocycles. The average Bonchev–Trinajstić information content (AvgIpc) is 3.67. The Hall–Kier alpha value is -6.41. The molecule has 0 unspecified atom stereocenters. The number of nitrogens with one attached hydrogen (secondary N) is 6. The highest BCUT2D eigenvalue weighted by molar-refractivity contribution is 6.38. The highest BCUT2D eigenvalue weighted by atomic mass is 16.4. The quantitative estimate of drug-likeness (QED) is 0.0550. The number of amides is 7. The van der Waals surface area contributed by atoms with Crippen LogP contribution in [0.1, 0.15) is 90.7 Å². The Morgan fingerprint density at radius 1 is 0.712 bits per heavy atom. The lowest BCUT2D eigenvalue weighted by Crippen LogP contribution is -2.59. The number of aliphatic carboxylic acids is 3. The number of hydrogen-bond acceptors (Lipinski definition) is 11. The second-order valence-electron chi connectivity index (χ2n) is 14.2. The van der Waals surface area contributed by atoms with Gasteiger partial charge in [-0.25, -0.2) is 0 Å². The van der Waals surface area contributed by atoms with E-state index in [-0.39, 0.29) is 25.8 Å². The van der Waals surface area contributed by atoms with Crippen molar-refractivity contribution in [2.75, 3.05) is 13.1 Å². The van der Waals surface area contributed by atoms with Gasteiger partial charge in [0.05, 0.1) is 6.04 Å². The number of carbonyl (C=O) groups is 11. The van der Waals surface area contributed by atoms with Crippen molar-refractivity contribution in [3.63, 3.8) is 0 Å². The Labute approximate surface area is 339 Å². The number of ketones is 1. The van der Waals surface area contributed by atoms with Gasteiger partial charge in [0.25, 0.3) is 5.91 Å². The Bertz CT molecular complexity index is 1740. The molecule has 7 amide bonds. The second-order valence-corrected chi connectivity index (χ2v) is 14.2. The first kappa shape index (κ1) is 48.7. The smallest absolute Gasteiger partial charge is 0.322 e. The molecule has 0 spiro atoms. The minimum absolute atomic E-state index is 0.0399. The zero-order valence-corrected chi connectivity index (χ0v) is 33.3. The summed E-state index contributed by atoms with van der Waals surface area (Å²) in [6.07, 6.45) is -0.984. The summed E-state index contributed by atoms with van der Waals surface area (Å²) in [5.41, 5.74) is 0.303. The first-order valence-corrected chi connectivity index (χ1v) is 19.1. The third-order valence-electron chi connectivity index (χ3n) is 9.21. The van der Waals surface area contributed by atoms with Gasteiger partial charge in [-0.3, -0.25) is 52.7 Å². The van der Waals surface area contributed by atoms with Crippen LogP contribution in [-0.2, 0) is 52.7 Å². The largest absolute Gasteiger partial charge is 0.481 e. The average molecular weight is 832 g/mol. The van der Waals surface area contributed by atoms with Crippen molar-refractivity contribution < 1.29 is 68.1 Å². The molecule has 0 bridgehead atoms. The molecule has 0 aromatic heterocycles. The van der Waals surface area contributed by atoms with Gasteiger partial charge in [0.15, 0.2) is 0 Å². The molecule has 21 nitrogen and oxygen atoms in total. The molecule has 1 heterocycles. The van der Waals surface area contributed by atoms with E-state index in [2.05, 4.69) is 26.6 Å². The summed E-state index contributed by atoms with van der Waals surface area (Å²) in [7, 11) is 0. The fourth-order valence-corrected chi connectivity index (χ4v) is 6.24. The van der Waals surface area contributed by atoms with Gasteiger partial charge in [-0.2, -0.15) is 0 Å². The number of carboxylic acids is 3. The molecule has 1 aliphatic rings. The molecule has 0 aliphatic carbocycles. The molecule has 21 heteroatoms. The van der Waals surface area contributed by atoms with Crippen molar-refractivity contribution in [2.24, 2.45) is 5.92 Å². The van der Waals surface area contributed by atoms with Crippen LogP contribution in [0.3, 0.4) is 0 Å². The minimum Gasteiger partial charge on any atom is -0.481 e. The van der Waals surface area contributed by atoms with E-state index in [1.165, 1.54) is 4.90 Å². The van der Waals surface area contributed by atoms with Crippen molar-refractivity contribution in [3.05, 3.63) is 35.9 Å². The van der Waals surface area contributed by atoms with Crippen LogP contribution in [0.5, 0.6) is 0 Å². The van der Waals surface area contributed by atoms with Crippen molar-refractivity contribution in [1.82, 2.24) is 36.8 Å². The summed E-state index contributed by atoms with van der Waals surface area (Å²) in [6, 6.07) is -0.208. The fourth-order valence-electron chi connectivity index (χ4n) is 6.24. The lowest BCUT2D eigenvalue weighted by Gasteiger charge is -2.31. The summed E-state index contributed by atoms with van der Waals surface area (Å²) < 4.78 is 0. The Morgan fingerprint density at radius 2 is 1.29 bits per heavy atom. The fraction of sp³-hybridized carbons (Fsp3) is 0.553. The molecule has 1 aromatic rings. The molecule has 1 fully saturated rings. The molecular weight excluding hydrogens is 778 g/mol. The van der Waals surface area contributed by atoms with Gasteiger partial charge in [-0.15, -0.1) is 0 Å². The van der Waals surface area contributed by atoms with Gasteiger partial charge in [0.1, 0.15) is 36.8 Å². The Balaban J connectivity index is 2.36. The van der Waals surface area contributed by atoms with Crippen molar-refractivity contribution in [3.8, 4) is 0 Å². The first-order valence-electron chi connectivity index (χ1n) is 19.1. The first-order chi connectivity index (χ1) is 27.8. The van der Waals surface area contributed by atoms with Crippen molar-refractivity contribution in [2.45, 2.75) is 115 Å². The maximum absolute atomic E-state index is 14.3. The van der Waals surface area contributed by atoms with Gasteiger partial charge >= 0.3 is 17.9 Å². The SMILES string of the molecule is CCC[C@H](NC(=O)[C@@H]1CCCN1C(=O)[C@@H](NC(=O)[C@@H](NC(=O)[C@H](CCC(=O)O)NC(=O)[C@H](CCC(=O)O)NC(C)=O)C(C)C)c1ccccc1)C(=O)C(=O)NCC(=O)O. The summed E-state index contributed by atoms with van der Waals surface area (Å²) in [4.78, 5) is 140. The lowest BCUT2D eigenvalue weighted by molar-refractivity contribution is -0.144. The molecular formula is C38H53N7O14. The number of rotatable bonds is 24. The van der Waals surface area contributed by atoms with E-state index in [1.807, 2.05) is 5.32 Å². The molecule has 9 N–H and O–H groups in total. The summed E-state index contributed by atoms with van der Waals surface area (Å²) >= 11 is 0. The van der Waals surface area contributed by atoms with Crippen LogP contribution in [0.15, 0.2) is 30.3 Å². The zero-order valence-electron chi connectivity index (χ0n) is 33.3. The van der Waals surface area contributed by atoms with Crippen LogP contribution < -0.4 is 31.9 Å². The van der Waals surface area contributed by atoms with Gasteiger partial charge < -0.3 is 52.1 Å². The number of benzene rings is 1. The standard InChI is InChI=1S/C38H53N7O14/c1-5-10-23(32(53)37(58)39-19-29(51)52)41-35(56)26-13-9-18-45(26)38(59)31(22-11-7-6-8-12-22)44-36(57)30(20(2)3)43-34(55)25(15-17-28(49)50)42-33(54)24(40-21(4)46)14-16-27(47)48/h6-8,11-12,20,23-26,30-31H,5,9-10,13-19H2,1-4H3,(H,39,58)(H,40,46)(H,41,56)(H,42,54)(H,43,55)(H,44,57)(H,47,48)(H,49,50)(H,51,52)/t23-,24-,25-,26-,30-,31-/m0/s1. The zero-order chi connectivity index (χ0) is 44.4. The van der Waals surface area contributed by atoms with Gasteiger partial charge in [-0.1, -0.05) is 57.5 Å². The van der Waals surface area contributed by atoms with Crippen molar-refractivity contribution in [1.29, 1.82) is 0 Å². The molecule has 2 rings (SSSR count). The van der Waals surface area contributed by atoms with Crippen LogP contribution >= 0.6 is 0 Å². The molecule has 0 saturated carbocycles. The molecule has 1 saturated heterocycles. The van der Waals surface area contributed by atoms with E-state index >= 15 is 0 Å². The highest BCUT2D eigenvalue weighted by Crippen LogP contribution is 2.25. The lowest BCUT2D eigenvalue weighted by atomic mass is 9.99. The number of carboxylic acid groups (broad SMARTS) is 3. The van der Waals surface area contributed by atoms with Crippen LogP contribution in [0.4, 0.5) is 0 Å². The monoisotopic (exact) mass is 831 g/mol. The van der Waals surface area contributed by atoms with E-state index in [1.54, 1.807) is 51.1 Å². The highest BCUT2D eigenvalue weighted by Gasteiger charge is 2.41. The predicted molar refractivity (Wildman–Crippen MR) is 205 cm³/mol. The van der Waals surface area contributed by atoms with E-state index < -0.39 is 133 Å². The van der Waals surface area contributed by atoms with Crippen molar-refractivity contribution >= 4 is 65.0 Å². The van der Waals surface area contributed by atoms with E-state index in [4.69, 9.17) is 10.2 Å². The van der Waals surface area contributed by atoms with Crippen LogP contribution in [0.2, 0.25) is 0 Å².